The Morgan fingerprint density at radius 1 is 0.889 bits per heavy atom. The lowest BCUT2D eigenvalue weighted by Gasteiger charge is -2.10. The summed E-state index contributed by atoms with van der Waals surface area (Å²) in [6.45, 7) is 1.84. The zero-order valence-electron chi connectivity index (χ0n) is 19.9. The zero-order valence-corrected chi connectivity index (χ0v) is 19.9. The monoisotopic (exact) mass is 477 g/mol. The maximum atomic E-state index is 13.5. The molecule has 0 bridgehead atoms. The topological polar surface area (TPSA) is 51.5 Å². The van der Waals surface area contributed by atoms with Gasteiger partial charge < -0.3 is 14.5 Å². The van der Waals surface area contributed by atoms with E-state index in [0.29, 0.717) is 22.6 Å². The predicted molar refractivity (Wildman–Crippen MR) is 142 cm³/mol. The van der Waals surface area contributed by atoms with Gasteiger partial charge in [0.15, 0.2) is 0 Å². The summed E-state index contributed by atoms with van der Waals surface area (Å²) in [7, 11) is 1.58. The Hall–Kier alpha value is -4.64. The maximum absolute atomic E-state index is 13.5. The summed E-state index contributed by atoms with van der Waals surface area (Å²) in [5.41, 5.74) is 6.82. The second-order valence-electron chi connectivity index (χ2n) is 8.47. The smallest absolute Gasteiger partial charge is 0.248 e. The van der Waals surface area contributed by atoms with Crippen molar-refractivity contribution in [2.75, 3.05) is 12.4 Å². The molecule has 0 aliphatic carbocycles. The number of benzene rings is 4. The van der Waals surface area contributed by atoms with Crippen LogP contribution in [0.5, 0.6) is 5.75 Å². The van der Waals surface area contributed by atoms with E-state index in [1.807, 2.05) is 37.3 Å². The highest BCUT2D eigenvalue weighted by molar-refractivity contribution is 6.05. The third-order valence-corrected chi connectivity index (χ3v) is 6.06. The number of rotatable bonds is 6. The first-order valence-corrected chi connectivity index (χ1v) is 11.5. The van der Waals surface area contributed by atoms with Crippen LogP contribution in [0.2, 0.25) is 0 Å². The van der Waals surface area contributed by atoms with Crippen molar-refractivity contribution in [3.63, 3.8) is 0 Å². The molecule has 0 radical (unpaired) electrons. The average Bonchev–Trinajstić information content (AvgIpc) is 3.31. The van der Waals surface area contributed by atoms with E-state index in [0.717, 1.165) is 33.2 Å². The van der Waals surface area contributed by atoms with Gasteiger partial charge in [-0.1, -0.05) is 60.7 Å². The lowest BCUT2D eigenvalue weighted by Crippen LogP contribution is -2.08. The summed E-state index contributed by atoms with van der Waals surface area (Å²) in [4.78, 5) is 12.6. The van der Waals surface area contributed by atoms with Gasteiger partial charge in [-0.15, -0.1) is 0 Å². The van der Waals surface area contributed by atoms with Gasteiger partial charge in [-0.05, 0) is 53.5 Å². The van der Waals surface area contributed by atoms with Gasteiger partial charge in [-0.3, -0.25) is 4.79 Å². The van der Waals surface area contributed by atoms with Crippen molar-refractivity contribution in [1.29, 1.82) is 0 Å². The normalized spacial score (nSPS) is 11.5. The molecule has 36 heavy (non-hydrogen) atoms. The molecule has 1 amide bonds. The standard InChI is InChI=1S/C31H24FNO3/c1-20(15-31(34)33-25-10-6-9-24(32)16-25)26-17-27-28(19-36-30(27)18-29(26)35-2)23-13-11-22(12-14-23)21-7-4-3-5-8-21/h3-19H,1-2H3,(H,33,34)/b20-15+. The molecule has 178 valence electrons. The Labute approximate surface area is 208 Å². The summed E-state index contributed by atoms with van der Waals surface area (Å²) in [5, 5.41) is 3.61. The molecule has 0 aliphatic heterocycles. The predicted octanol–water partition coefficient (Wildman–Crippen LogP) is 7.96. The van der Waals surface area contributed by atoms with E-state index in [2.05, 4.69) is 41.7 Å². The van der Waals surface area contributed by atoms with Crippen molar-refractivity contribution < 1.29 is 18.3 Å². The molecule has 0 saturated carbocycles. The van der Waals surface area contributed by atoms with E-state index in [-0.39, 0.29) is 5.91 Å². The highest BCUT2D eigenvalue weighted by Crippen LogP contribution is 2.38. The highest BCUT2D eigenvalue weighted by atomic mass is 19.1. The Bertz CT molecular complexity index is 1570. The van der Waals surface area contributed by atoms with E-state index >= 15 is 0 Å². The van der Waals surface area contributed by atoms with Crippen molar-refractivity contribution in [3.05, 3.63) is 115 Å². The second-order valence-corrected chi connectivity index (χ2v) is 8.47. The number of methoxy groups -OCH3 is 1. The molecule has 5 aromatic rings. The van der Waals surface area contributed by atoms with Crippen molar-refractivity contribution in [2.24, 2.45) is 0 Å². The number of fused-ring (bicyclic) bond motifs is 1. The van der Waals surface area contributed by atoms with Crippen LogP contribution >= 0.6 is 0 Å². The number of ether oxygens (including phenoxy) is 1. The van der Waals surface area contributed by atoms with Crippen LogP contribution in [0, 0.1) is 5.82 Å². The molecule has 1 heterocycles. The molecule has 0 atom stereocenters. The average molecular weight is 478 g/mol. The van der Waals surface area contributed by atoms with Crippen molar-refractivity contribution in [2.45, 2.75) is 6.92 Å². The summed E-state index contributed by atoms with van der Waals surface area (Å²) in [6, 6.07) is 28.1. The molecular formula is C31H24FNO3. The molecular weight excluding hydrogens is 453 g/mol. The maximum Gasteiger partial charge on any atom is 0.248 e. The zero-order chi connectivity index (χ0) is 25.1. The summed E-state index contributed by atoms with van der Waals surface area (Å²) < 4.78 is 24.9. The van der Waals surface area contributed by atoms with Gasteiger partial charge >= 0.3 is 0 Å². The number of halogens is 1. The number of carbonyl (C=O) groups is 1. The van der Waals surface area contributed by atoms with E-state index in [1.165, 1.54) is 18.2 Å². The van der Waals surface area contributed by atoms with Crippen LogP contribution in [-0.4, -0.2) is 13.0 Å². The molecule has 4 aromatic carbocycles. The second kappa shape index (κ2) is 9.92. The summed E-state index contributed by atoms with van der Waals surface area (Å²) in [5.74, 6) is -0.177. The third-order valence-electron chi connectivity index (χ3n) is 6.06. The van der Waals surface area contributed by atoms with Gasteiger partial charge in [0, 0.05) is 34.3 Å². The van der Waals surface area contributed by atoms with E-state index in [9.17, 15) is 9.18 Å². The molecule has 0 saturated heterocycles. The number of furan rings is 1. The van der Waals surface area contributed by atoms with Gasteiger partial charge in [0.1, 0.15) is 17.1 Å². The number of hydrogen-bond acceptors (Lipinski definition) is 3. The first-order valence-electron chi connectivity index (χ1n) is 11.5. The van der Waals surface area contributed by atoms with Gasteiger partial charge in [0.2, 0.25) is 5.91 Å². The first kappa shape index (κ1) is 23.1. The minimum absolute atomic E-state index is 0.357. The van der Waals surface area contributed by atoms with Crippen molar-refractivity contribution >= 4 is 28.1 Å². The highest BCUT2D eigenvalue weighted by Gasteiger charge is 2.15. The minimum Gasteiger partial charge on any atom is -0.496 e. The SMILES string of the molecule is COc1cc2occ(-c3ccc(-c4ccccc4)cc3)c2cc1/C(C)=C/C(=O)Nc1cccc(F)c1. The number of anilines is 1. The molecule has 5 heteroatoms. The fourth-order valence-corrected chi connectivity index (χ4v) is 4.25. The van der Waals surface area contributed by atoms with E-state index in [1.54, 1.807) is 25.5 Å². The third kappa shape index (κ3) is 4.77. The number of amides is 1. The van der Waals surface area contributed by atoms with Crippen molar-refractivity contribution in [3.8, 4) is 28.0 Å². The fourth-order valence-electron chi connectivity index (χ4n) is 4.25. The molecule has 4 nitrogen and oxygen atoms in total. The Morgan fingerprint density at radius 3 is 2.33 bits per heavy atom. The molecule has 0 aliphatic rings. The molecule has 0 unspecified atom stereocenters. The minimum atomic E-state index is -0.412. The molecule has 1 N–H and O–H groups in total. The molecule has 5 rings (SSSR count). The van der Waals surface area contributed by atoms with Gasteiger partial charge in [-0.2, -0.15) is 0 Å². The molecule has 0 fully saturated rings. The lowest BCUT2D eigenvalue weighted by molar-refractivity contribution is -0.111. The van der Waals surface area contributed by atoms with Gasteiger partial charge in [-0.25, -0.2) is 4.39 Å². The van der Waals surface area contributed by atoms with Gasteiger partial charge in [0.25, 0.3) is 0 Å². The van der Waals surface area contributed by atoms with Crippen LogP contribution in [0.3, 0.4) is 0 Å². The fraction of sp³-hybridized carbons (Fsp3) is 0.0645. The first-order chi connectivity index (χ1) is 17.5. The van der Waals surface area contributed by atoms with Crippen LogP contribution in [0.1, 0.15) is 12.5 Å². The van der Waals surface area contributed by atoms with Gasteiger partial charge in [0.05, 0.1) is 13.4 Å². The van der Waals surface area contributed by atoms with Crippen LogP contribution < -0.4 is 10.1 Å². The van der Waals surface area contributed by atoms with Crippen LogP contribution in [0.4, 0.5) is 10.1 Å². The number of carbonyl (C=O) groups excluding carboxylic acids is 1. The Balaban J connectivity index is 1.48. The Morgan fingerprint density at radius 2 is 1.61 bits per heavy atom. The summed E-state index contributed by atoms with van der Waals surface area (Å²) in [6.07, 6.45) is 3.21. The molecule has 0 spiro atoms. The number of allylic oxidation sites excluding steroid dienone is 1. The lowest BCUT2D eigenvalue weighted by atomic mass is 9.97. The van der Waals surface area contributed by atoms with Crippen LogP contribution in [-0.2, 0) is 4.79 Å². The Kier molecular flexibility index (Phi) is 6.37. The number of hydrogen-bond donors (Lipinski definition) is 1. The largest absolute Gasteiger partial charge is 0.496 e. The van der Waals surface area contributed by atoms with Crippen LogP contribution in [0.15, 0.2) is 108 Å². The quantitative estimate of drug-likeness (QED) is 0.252. The molecule has 1 aromatic heterocycles. The van der Waals surface area contributed by atoms with Crippen LogP contribution in [0.25, 0.3) is 38.8 Å². The summed E-state index contributed by atoms with van der Waals surface area (Å²) >= 11 is 0. The number of nitrogens with one attached hydrogen (secondary N) is 1. The van der Waals surface area contributed by atoms with E-state index < -0.39 is 5.82 Å². The van der Waals surface area contributed by atoms with Crippen molar-refractivity contribution in [1.82, 2.24) is 0 Å². The van der Waals surface area contributed by atoms with E-state index in [4.69, 9.17) is 9.15 Å².